The number of imidazole rings is 1. The summed E-state index contributed by atoms with van der Waals surface area (Å²) in [5, 5.41) is 0. The third kappa shape index (κ3) is 1.72. The Morgan fingerprint density at radius 2 is 2.31 bits per heavy atom. The van der Waals surface area contributed by atoms with Gasteiger partial charge in [0.2, 0.25) is 0 Å². The van der Waals surface area contributed by atoms with Crippen molar-refractivity contribution in [2.45, 2.75) is 26.2 Å². The SMILES string of the molecule is CCCCc1ccc2[nH]cnc2c1. The fourth-order valence-electron chi connectivity index (χ4n) is 1.51. The first-order valence-electron chi connectivity index (χ1n) is 4.82. The first-order chi connectivity index (χ1) is 6.40. The second kappa shape index (κ2) is 3.60. The van der Waals surface area contributed by atoms with Gasteiger partial charge in [-0.05, 0) is 30.5 Å². The van der Waals surface area contributed by atoms with Crippen LogP contribution in [0, 0.1) is 0 Å². The van der Waals surface area contributed by atoms with E-state index in [1.807, 2.05) is 0 Å². The summed E-state index contributed by atoms with van der Waals surface area (Å²) in [5.74, 6) is 0. The lowest BCUT2D eigenvalue weighted by atomic mass is 10.1. The number of fused-ring (bicyclic) bond motifs is 1. The molecular formula is C11H14N2. The number of hydrogen-bond donors (Lipinski definition) is 1. The van der Waals surface area contributed by atoms with Crippen LogP contribution >= 0.6 is 0 Å². The van der Waals surface area contributed by atoms with Gasteiger partial charge in [0.15, 0.2) is 0 Å². The normalized spacial score (nSPS) is 10.8. The highest BCUT2D eigenvalue weighted by atomic mass is 14.9. The summed E-state index contributed by atoms with van der Waals surface area (Å²) in [4.78, 5) is 7.32. The van der Waals surface area contributed by atoms with E-state index in [0.29, 0.717) is 0 Å². The Morgan fingerprint density at radius 3 is 3.15 bits per heavy atom. The van der Waals surface area contributed by atoms with Crippen molar-refractivity contribution in [3.63, 3.8) is 0 Å². The molecule has 68 valence electrons. The van der Waals surface area contributed by atoms with Crippen LogP contribution in [0.5, 0.6) is 0 Å². The second-order valence-corrected chi connectivity index (χ2v) is 3.36. The van der Waals surface area contributed by atoms with Gasteiger partial charge in [-0.3, -0.25) is 0 Å². The smallest absolute Gasteiger partial charge is 0.0931 e. The average Bonchev–Trinajstić information content (AvgIpc) is 2.61. The zero-order valence-electron chi connectivity index (χ0n) is 7.88. The predicted octanol–water partition coefficient (Wildman–Crippen LogP) is 2.91. The molecule has 13 heavy (non-hydrogen) atoms. The zero-order chi connectivity index (χ0) is 9.10. The number of H-pyrrole nitrogens is 1. The number of rotatable bonds is 3. The van der Waals surface area contributed by atoms with Crippen LogP contribution in [0.1, 0.15) is 25.3 Å². The first kappa shape index (κ1) is 8.30. The summed E-state index contributed by atoms with van der Waals surface area (Å²) in [6, 6.07) is 6.45. The maximum Gasteiger partial charge on any atom is 0.0931 e. The van der Waals surface area contributed by atoms with E-state index in [9.17, 15) is 0 Å². The molecular weight excluding hydrogens is 160 g/mol. The van der Waals surface area contributed by atoms with Crippen LogP contribution in [0.15, 0.2) is 24.5 Å². The lowest BCUT2D eigenvalue weighted by Gasteiger charge is -1.98. The van der Waals surface area contributed by atoms with Gasteiger partial charge >= 0.3 is 0 Å². The van der Waals surface area contributed by atoms with Crippen molar-refractivity contribution in [1.29, 1.82) is 0 Å². The molecule has 0 aliphatic rings. The number of nitrogens with one attached hydrogen (secondary N) is 1. The Labute approximate surface area is 78.0 Å². The topological polar surface area (TPSA) is 28.7 Å². The van der Waals surface area contributed by atoms with Crippen LogP contribution in [0.2, 0.25) is 0 Å². The van der Waals surface area contributed by atoms with Gasteiger partial charge in [0.05, 0.1) is 17.4 Å². The van der Waals surface area contributed by atoms with E-state index in [2.05, 4.69) is 35.1 Å². The molecule has 0 bridgehead atoms. The van der Waals surface area contributed by atoms with Gasteiger partial charge in [0, 0.05) is 0 Å². The summed E-state index contributed by atoms with van der Waals surface area (Å²) in [6.07, 6.45) is 5.42. The molecule has 0 spiro atoms. The minimum atomic E-state index is 1.08. The third-order valence-electron chi connectivity index (χ3n) is 2.30. The monoisotopic (exact) mass is 174 g/mol. The zero-order valence-corrected chi connectivity index (χ0v) is 7.88. The highest BCUT2D eigenvalue weighted by Crippen LogP contribution is 2.13. The van der Waals surface area contributed by atoms with E-state index < -0.39 is 0 Å². The molecule has 0 saturated carbocycles. The van der Waals surface area contributed by atoms with Gasteiger partial charge < -0.3 is 4.98 Å². The van der Waals surface area contributed by atoms with Crippen molar-refractivity contribution in [1.82, 2.24) is 9.97 Å². The summed E-state index contributed by atoms with van der Waals surface area (Å²) in [5.41, 5.74) is 3.59. The summed E-state index contributed by atoms with van der Waals surface area (Å²) in [7, 11) is 0. The molecule has 2 rings (SSSR count). The summed E-state index contributed by atoms with van der Waals surface area (Å²) >= 11 is 0. The molecule has 0 amide bonds. The number of unbranched alkanes of at least 4 members (excludes halogenated alkanes) is 1. The van der Waals surface area contributed by atoms with Crippen LogP contribution in [-0.2, 0) is 6.42 Å². The number of benzene rings is 1. The fourth-order valence-corrected chi connectivity index (χ4v) is 1.51. The van der Waals surface area contributed by atoms with E-state index in [1.54, 1.807) is 6.33 Å². The van der Waals surface area contributed by atoms with Crippen molar-refractivity contribution in [2.75, 3.05) is 0 Å². The molecule has 0 aliphatic heterocycles. The Morgan fingerprint density at radius 1 is 1.38 bits per heavy atom. The second-order valence-electron chi connectivity index (χ2n) is 3.36. The Hall–Kier alpha value is -1.31. The third-order valence-corrected chi connectivity index (χ3v) is 2.30. The van der Waals surface area contributed by atoms with Crippen LogP contribution in [0.25, 0.3) is 11.0 Å². The molecule has 2 nitrogen and oxygen atoms in total. The van der Waals surface area contributed by atoms with Crippen LogP contribution in [-0.4, -0.2) is 9.97 Å². The molecule has 2 aromatic rings. The van der Waals surface area contributed by atoms with Crippen molar-refractivity contribution in [3.8, 4) is 0 Å². The van der Waals surface area contributed by atoms with Crippen molar-refractivity contribution >= 4 is 11.0 Å². The number of hydrogen-bond acceptors (Lipinski definition) is 1. The molecule has 0 radical (unpaired) electrons. The lowest BCUT2D eigenvalue weighted by molar-refractivity contribution is 0.796. The molecule has 0 unspecified atom stereocenters. The van der Waals surface area contributed by atoms with Crippen molar-refractivity contribution in [2.24, 2.45) is 0 Å². The fraction of sp³-hybridized carbons (Fsp3) is 0.364. The molecule has 0 saturated heterocycles. The van der Waals surface area contributed by atoms with Crippen molar-refractivity contribution < 1.29 is 0 Å². The Kier molecular flexibility index (Phi) is 2.30. The Balaban J connectivity index is 2.26. The van der Waals surface area contributed by atoms with E-state index >= 15 is 0 Å². The molecule has 0 aliphatic carbocycles. The molecule has 0 atom stereocenters. The minimum Gasteiger partial charge on any atom is -0.345 e. The highest BCUT2D eigenvalue weighted by molar-refractivity contribution is 5.74. The predicted molar refractivity (Wildman–Crippen MR) is 54.7 cm³/mol. The van der Waals surface area contributed by atoms with Crippen LogP contribution in [0.4, 0.5) is 0 Å². The lowest BCUT2D eigenvalue weighted by Crippen LogP contribution is -1.83. The number of aromatic nitrogens is 2. The number of nitrogens with zero attached hydrogens (tertiary/aromatic N) is 1. The summed E-state index contributed by atoms with van der Waals surface area (Å²) < 4.78 is 0. The van der Waals surface area contributed by atoms with Crippen molar-refractivity contribution in [3.05, 3.63) is 30.1 Å². The number of aromatic amines is 1. The Bertz CT molecular complexity index is 390. The maximum atomic E-state index is 4.23. The van der Waals surface area contributed by atoms with Gasteiger partial charge in [-0.2, -0.15) is 0 Å². The van der Waals surface area contributed by atoms with Gasteiger partial charge in [-0.25, -0.2) is 4.98 Å². The summed E-state index contributed by atoms with van der Waals surface area (Å²) in [6.45, 7) is 2.22. The van der Waals surface area contributed by atoms with Gasteiger partial charge in [0.1, 0.15) is 0 Å². The van der Waals surface area contributed by atoms with Gasteiger partial charge in [0.25, 0.3) is 0 Å². The van der Waals surface area contributed by atoms with Gasteiger partial charge in [-0.15, -0.1) is 0 Å². The minimum absolute atomic E-state index is 1.08. The quantitative estimate of drug-likeness (QED) is 0.761. The maximum absolute atomic E-state index is 4.23. The first-order valence-corrected chi connectivity index (χ1v) is 4.82. The largest absolute Gasteiger partial charge is 0.345 e. The molecule has 1 aromatic carbocycles. The van der Waals surface area contributed by atoms with Gasteiger partial charge in [-0.1, -0.05) is 19.4 Å². The van der Waals surface area contributed by atoms with E-state index in [1.165, 1.54) is 24.8 Å². The average molecular weight is 174 g/mol. The van der Waals surface area contributed by atoms with E-state index in [-0.39, 0.29) is 0 Å². The number of aryl methyl sites for hydroxylation is 1. The highest BCUT2D eigenvalue weighted by Gasteiger charge is 1.97. The van der Waals surface area contributed by atoms with E-state index in [0.717, 1.165) is 11.0 Å². The van der Waals surface area contributed by atoms with Crippen LogP contribution < -0.4 is 0 Å². The molecule has 2 heteroatoms. The standard InChI is InChI=1S/C11H14N2/c1-2-3-4-9-5-6-10-11(7-9)13-8-12-10/h5-8H,2-4H2,1H3,(H,12,13). The molecule has 0 fully saturated rings. The molecule has 1 heterocycles. The van der Waals surface area contributed by atoms with E-state index in [4.69, 9.17) is 0 Å². The molecule has 1 N–H and O–H groups in total. The van der Waals surface area contributed by atoms with Crippen LogP contribution in [0.3, 0.4) is 0 Å². The molecule has 1 aromatic heterocycles.